The van der Waals surface area contributed by atoms with Crippen molar-refractivity contribution in [1.29, 1.82) is 0 Å². The largest absolute Gasteiger partial charge is 0.508 e. The van der Waals surface area contributed by atoms with Crippen LogP contribution in [0, 0.1) is 0 Å². The lowest BCUT2D eigenvalue weighted by Gasteiger charge is -2.09. The number of phenols is 1. The van der Waals surface area contributed by atoms with Crippen LogP contribution in [0.1, 0.15) is 0 Å². The van der Waals surface area contributed by atoms with Gasteiger partial charge in [0.25, 0.3) is 0 Å². The lowest BCUT2D eigenvalue weighted by atomic mass is 10.0. The molecule has 21 heavy (non-hydrogen) atoms. The van der Waals surface area contributed by atoms with Crippen LogP contribution in [0.2, 0.25) is 0 Å². The highest BCUT2D eigenvalue weighted by Gasteiger charge is 2.21. The number of fused-ring (bicyclic) bond motifs is 3. The fourth-order valence-corrected chi connectivity index (χ4v) is 2.65. The van der Waals surface area contributed by atoms with Gasteiger partial charge < -0.3 is 9.84 Å². The van der Waals surface area contributed by atoms with Crippen LogP contribution in [0.3, 0.4) is 0 Å². The minimum absolute atomic E-state index is 0.201. The van der Waals surface area contributed by atoms with Crippen LogP contribution in [0.25, 0.3) is 22.4 Å². The molecule has 2 aromatic heterocycles. The van der Waals surface area contributed by atoms with Gasteiger partial charge in [0.1, 0.15) is 18.1 Å². The number of aromatic nitrogens is 3. The van der Waals surface area contributed by atoms with Gasteiger partial charge in [0.15, 0.2) is 0 Å². The highest BCUT2D eigenvalue weighted by Crippen LogP contribution is 2.40. The summed E-state index contributed by atoms with van der Waals surface area (Å²) in [5.41, 5.74) is 4.05. The van der Waals surface area contributed by atoms with Crippen LogP contribution in [-0.2, 0) is 6.54 Å². The third-order valence-electron chi connectivity index (χ3n) is 3.61. The molecule has 1 aliphatic rings. The average molecular weight is 279 g/mol. The molecule has 4 rings (SSSR count). The molecule has 0 amide bonds. The zero-order valence-corrected chi connectivity index (χ0v) is 11.2. The Balaban J connectivity index is 1.97. The third kappa shape index (κ3) is 1.94. The van der Waals surface area contributed by atoms with E-state index in [-0.39, 0.29) is 5.75 Å². The Kier molecular flexibility index (Phi) is 2.64. The number of ether oxygens (including phenoxy) is 1. The summed E-state index contributed by atoms with van der Waals surface area (Å²) in [7, 11) is 0. The monoisotopic (exact) mass is 279 g/mol. The summed E-state index contributed by atoms with van der Waals surface area (Å²) in [6, 6.07) is 9.11. The maximum atomic E-state index is 9.65. The predicted molar refractivity (Wildman–Crippen MR) is 78.1 cm³/mol. The number of phenolic OH excluding ortho intramolecular Hbond substituents is 1. The van der Waals surface area contributed by atoms with Crippen LogP contribution in [0.4, 0.5) is 0 Å². The van der Waals surface area contributed by atoms with E-state index in [1.54, 1.807) is 24.5 Å². The van der Waals surface area contributed by atoms with Crippen LogP contribution in [-0.4, -0.2) is 26.5 Å². The first-order valence-corrected chi connectivity index (χ1v) is 6.75. The van der Waals surface area contributed by atoms with E-state index in [0.29, 0.717) is 18.9 Å². The molecule has 5 nitrogen and oxygen atoms in total. The molecule has 1 N–H and O–H groups in total. The van der Waals surface area contributed by atoms with Crippen LogP contribution in [0.15, 0.2) is 48.9 Å². The van der Waals surface area contributed by atoms with Crippen molar-refractivity contribution < 1.29 is 9.84 Å². The van der Waals surface area contributed by atoms with Crippen LogP contribution in [0.5, 0.6) is 11.5 Å². The Bertz CT molecular complexity index is 797. The molecule has 1 aromatic carbocycles. The van der Waals surface area contributed by atoms with Crippen molar-refractivity contribution in [1.82, 2.24) is 14.8 Å². The number of rotatable bonds is 1. The minimum atomic E-state index is 0.201. The second-order valence-electron chi connectivity index (χ2n) is 4.89. The van der Waals surface area contributed by atoms with Gasteiger partial charge in [-0.25, -0.2) is 0 Å². The topological polar surface area (TPSA) is 60.2 Å². The summed E-state index contributed by atoms with van der Waals surface area (Å²) in [5.74, 6) is 0.886. The van der Waals surface area contributed by atoms with E-state index in [2.05, 4.69) is 10.1 Å². The minimum Gasteiger partial charge on any atom is -0.508 e. The molecular weight excluding hydrogens is 266 g/mol. The second-order valence-corrected chi connectivity index (χ2v) is 4.89. The third-order valence-corrected chi connectivity index (χ3v) is 3.61. The zero-order chi connectivity index (χ0) is 14.2. The zero-order valence-electron chi connectivity index (χ0n) is 11.2. The predicted octanol–water partition coefficient (Wildman–Crippen LogP) is 2.71. The van der Waals surface area contributed by atoms with Crippen molar-refractivity contribution in [2.75, 3.05) is 6.61 Å². The Labute approximate surface area is 121 Å². The average Bonchev–Trinajstić information content (AvgIpc) is 2.84. The molecule has 0 radical (unpaired) electrons. The normalized spacial score (nSPS) is 13.0. The molecule has 0 spiro atoms. The summed E-state index contributed by atoms with van der Waals surface area (Å²) in [6.45, 7) is 1.21. The van der Waals surface area contributed by atoms with E-state index >= 15 is 0 Å². The lowest BCUT2D eigenvalue weighted by molar-refractivity contribution is 0.299. The van der Waals surface area contributed by atoms with Crippen molar-refractivity contribution in [2.45, 2.75) is 6.54 Å². The maximum absolute atomic E-state index is 9.65. The van der Waals surface area contributed by atoms with E-state index in [1.807, 2.05) is 29.1 Å². The first kappa shape index (κ1) is 12.0. The van der Waals surface area contributed by atoms with Crippen molar-refractivity contribution in [3.05, 3.63) is 48.9 Å². The van der Waals surface area contributed by atoms with Gasteiger partial charge in [-0.3, -0.25) is 9.67 Å². The molecule has 0 saturated carbocycles. The van der Waals surface area contributed by atoms with E-state index < -0.39 is 0 Å². The number of pyridine rings is 1. The first-order chi connectivity index (χ1) is 10.3. The van der Waals surface area contributed by atoms with Gasteiger partial charge in [-0.2, -0.15) is 5.10 Å². The van der Waals surface area contributed by atoms with Crippen molar-refractivity contribution in [3.63, 3.8) is 0 Å². The van der Waals surface area contributed by atoms with Gasteiger partial charge in [0.05, 0.1) is 18.4 Å². The highest BCUT2D eigenvalue weighted by atomic mass is 16.5. The molecule has 0 unspecified atom stereocenters. The highest BCUT2D eigenvalue weighted by molar-refractivity contribution is 5.84. The fraction of sp³-hybridized carbons (Fsp3) is 0.125. The van der Waals surface area contributed by atoms with Crippen LogP contribution < -0.4 is 4.74 Å². The van der Waals surface area contributed by atoms with Crippen molar-refractivity contribution in [2.24, 2.45) is 0 Å². The fourth-order valence-electron chi connectivity index (χ4n) is 2.65. The van der Waals surface area contributed by atoms with Gasteiger partial charge in [-0.05, 0) is 29.8 Å². The summed E-state index contributed by atoms with van der Waals surface area (Å²) < 4.78 is 7.67. The molecule has 0 atom stereocenters. The number of benzene rings is 1. The SMILES string of the molecule is Oc1ccc2c(c1)OCCn1ncc(-c3ccncc3)c1-2. The van der Waals surface area contributed by atoms with Crippen molar-refractivity contribution in [3.8, 4) is 33.9 Å². The number of nitrogens with zero attached hydrogens (tertiary/aromatic N) is 3. The van der Waals surface area contributed by atoms with Crippen molar-refractivity contribution >= 4 is 0 Å². The van der Waals surface area contributed by atoms with E-state index in [0.717, 1.165) is 22.4 Å². The molecule has 5 heteroatoms. The van der Waals surface area contributed by atoms with Crippen LogP contribution >= 0.6 is 0 Å². The number of hydrogen-bond donors (Lipinski definition) is 1. The maximum Gasteiger partial charge on any atom is 0.132 e. The summed E-state index contributed by atoms with van der Waals surface area (Å²) >= 11 is 0. The molecule has 3 aromatic rings. The Morgan fingerprint density at radius 1 is 1.10 bits per heavy atom. The molecule has 0 bridgehead atoms. The lowest BCUT2D eigenvalue weighted by Crippen LogP contribution is -2.06. The van der Waals surface area contributed by atoms with Gasteiger partial charge >= 0.3 is 0 Å². The van der Waals surface area contributed by atoms with E-state index in [1.165, 1.54) is 0 Å². The smallest absolute Gasteiger partial charge is 0.132 e. The van der Waals surface area contributed by atoms with E-state index in [4.69, 9.17) is 4.74 Å². The molecule has 3 heterocycles. The van der Waals surface area contributed by atoms with Gasteiger partial charge in [-0.1, -0.05) is 0 Å². The summed E-state index contributed by atoms with van der Waals surface area (Å²) in [4.78, 5) is 4.06. The van der Waals surface area contributed by atoms with Gasteiger partial charge in [0.2, 0.25) is 0 Å². The van der Waals surface area contributed by atoms with Gasteiger partial charge in [-0.15, -0.1) is 0 Å². The quantitative estimate of drug-likeness (QED) is 0.744. The first-order valence-electron chi connectivity index (χ1n) is 6.75. The Morgan fingerprint density at radius 3 is 2.81 bits per heavy atom. The molecular formula is C16H13N3O2. The molecule has 0 fully saturated rings. The summed E-state index contributed by atoms with van der Waals surface area (Å²) in [5, 5.41) is 14.1. The Morgan fingerprint density at radius 2 is 1.95 bits per heavy atom. The van der Waals surface area contributed by atoms with Gasteiger partial charge in [0, 0.05) is 29.6 Å². The molecule has 0 saturated heterocycles. The standard InChI is InChI=1S/C16H13N3O2/c20-12-1-2-13-15(9-12)21-8-7-19-16(13)14(10-18-19)11-3-5-17-6-4-11/h1-6,9-10,20H,7-8H2. The molecule has 104 valence electrons. The molecule has 1 aliphatic heterocycles. The molecule has 0 aliphatic carbocycles. The number of aromatic hydroxyl groups is 1. The number of hydrogen-bond acceptors (Lipinski definition) is 4. The van der Waals surface area contributed by atoms with E-state index in [9.17, 15) is 5.11 Å². The summed E-state index contributed by atoms with van der Waals surface area (Å²) in [6.07, 6.45) is 5.40. The second kappa shape index (κ2) is 4.63. The Hall–Kier alpha value is -2.82.